The molecule has 0 radical (unpaired) electrons. The van der Waals surface area contributed by atoms with E-state index in [2.05, 4.69) is 208 Å². The molecule has 7 N–H and O–H groups in total. The summed E-state index contributed by atoms with van der Waals surface area (Å²) in [4.78, 5) is 72.2. The number of nitrogens with two attached hydrogens (primary N) is 1. The largest absolute Gasteiger partial charge is 0.494 e. The van der Waals surface area contributed by atoms with Gasteiger partial charge in [-0.05, 0) is 230 Å². The van der Waals surface area contributed by atoms with E-state index in [1.807, 2.05) is 157 Å². The van der Waals surface area contributed by atoms with Crippen LogP contribution in [0.25, 0.3) is 32.3 Å². The number of amides is 1. The normalized spacial score (nSPS) is 14.6. The molecule has 11 aromatic rings. The lowest BCUT2D eigenvalue weighted by molar-refractivity contribution is -0.136. The molecular formula is C83H74Br10Cl2N8O12. The van der Waals surface area contributed by atoms with Crippen LogP contribution in [-0.4, -0.2) is 132 Å². The Morgan fingerprint density at radius 1 is 0.470 bits per heavy atom. The van der Waals surface area contributed by atoms with Crippen LogP contribution >= 0.6 is 183 Å². The van der Waals surface area contributed by atoms with Gasteiger partial charge < -0.3 is 45.1 Å². The van der Waals surface area contributed by atoms with E-state index in [0.717, 1.165) is 90.2 Å². The highest BCUT2D eigenvalue weighted by Gasteiger charge is 2.32. The number of nitrogens with one attached hydrogen (secondary N) is 1. The summed E-state index contributed by atoms with van der Waals surface area (Å²) < 4.78 is 31.0. The van der Waals surface area contributed by atoms with Crippen LogP contribution in [0.4, 0.5) is 0 Å². The van der Waals surface area contributed by atoms with Crippen molar-refractivity contribution in [1.82, 2.24) is 15.0 Å². The second-order valence-corrected chi connectivity index (χ2v) is 37.1. The Morgan fingerprint density at radius 3 is 1.36 bits per heavy atom. The van der Waals surface area contributed by atoms with Crippen LogP contribution in [0, 0.1) is 0 Å². The van der Waals surface area contributed by atoms with Crippen molar-refractivity contribution in [3.8, 4) is 5.88 Å². The van der Waals surface area contributed by atoms with Crippen LogP contribution in [0.5, 0.6) is 5.88 Å². The average Bonchev–Trinajstić information content (AvgIpc) is 1.79. The summed E-state index contributed by atoms with van der Waals surface area (Å²) >= 11 is 45.5. The van der Waals surface area contributed by atoms with Crippen LogP contribution < -0.4 is 11.3 Å². The molecule has 0 bridgehead atoms. The summed E-state index contributed by atoms with van der Waals surface area (Å²) in [6.07, 6.45) is 0.541. The number of carbonyl (C=O) groups is 3. The fourth-order valence-corrected chi connectivity index (χ4v) is 16.4. The number of pyridine rings is 3. The number of carboxylic acids is 2. The Balaban J connectivity index is 0.000000165. The monoisotopic (exact) mass is 2230 g/mol. The first kappa shape index (κ1) is 93.7. The molecule has 8 aromatic carbocycles. The van der Waals surface area contributed by atoms with Gasteiger partial charge in [0, 0.05) is 97.5 Å². The number of hydrogen-bond acceptors (Lipinski definition) is 16. The molecule has 4 aliphatic heterocycles. The van der Waals surface area contributed by atoms with Gasteiger partial charge in [-0.3, -0.25) is 19.4 Å². The first-order chi connectivity index (χ1) is 54.1. The minimum absolute atomic E-state index is 0.0560. The van der Waals surface area contributed by atoms with Crippen LogP contribution in [0.3, 0.4) is 0 Å². The third kappa shape index (κ3) is 27.4. The molecule has 0 aliphatic carbocycles. The fourth-order valence-electron chi connectivity index (χ4n) is 10.9. The highest BCUT2D eigenvalue weighted by Crippen LogP contribution is 2.35. The van der Waals surface area contributed by atoms with Crippen molar-refractivity contribution in [2.75, 3.05) is 33.0 Å². The Kier molecular flexibility index (Phi) is 34.4. The molecule has 0 fully saturated rings. The van der Waals surface area contributed by atoms with Gasteiger partial charge >= 0.3 is 11.9 Å². The van der Waals surface area contributed by atoms with E-state index >= 15 is 0 Å². The van der Waals surface area contributed by atoms with Gasteiger partial charge in [-0.1, -0.05) is 195 Å². The number of fused-ring (bicyclic) bond motifs is 3. The predicted octanol–water partition coefficient (Wildman–Crippen LogP) is 23.2. The van der Waals surface area contributed by atoms with Crippen LogP contribution in [-0.2, 0) is 36.6 Å². The molecule has 0 unspecified atom stereocenters. The molecule has 0 saturated carbocycles. The van der Waals surface area contributed by atoms with Crippen molar-refractivity contribution in [3.63, 3.8) is 0 Å². The Bertz CT molecular complexity index is 5540. The molecular weight excluding hydrogens is 2170 g/mol. The number of aliphatic hydroxyl groups excluding tert-OH is 1. The number of aromatic carboxylic acids is 1. The summed E-state index contributed by atoms with van der Waals surface area (Å²) in [5.74, 6) is 0.0632. The Hall–Kier alpha value is -6.78. The van der Waals surface area contributed by atoms with Crippen molar-refractivity contribution < 1.29 is 53.8 Å². The molecule has 0 saturated heterocycles. The molecule has 4 aliphatic rings. The highest BCUT2D eigenvalue weighted by atomic mass is 79.9. The number of aliphatic carboxylic acids is 1. The van der Waals surface area contributed by atoms with Crippen molar-refractivity contribution in [2.45, 2.75) is 90.4 Å². The van der Waals surface area contributed by atoms with E-state index in [9.17, 15) is 24.3 Å². The molecule has 602 valence electrons. The van der Waals surface area contributed by atoms with Gasteiger partial charge in [-0.2, -0.15) is 0 Å². The third-order valence-electron chi connectivity index (χ3n) is 16.2. The first-order valence-corrected chi connectivity index (χ1v) is 43.3. The number of hydrogen-bond donors (Lipinski definition) is 6. The second-order valence-electron chi connectivity index (χ2n) is 27.8. The lowest BCUT2D eigenvalue weighted by atomic mass is 10.0. The van der Waals surface area contributed by atoms with Crippen molar-refractivity contribution in [1.29, 1.82) is 0 Å². The van der Waals surface area contributed by atoms with Crippen LogP contribution in [0.2, 0.25) is 10.3 Å². The second kappa shape index (κ2) is 42.2. The maximum Gasteiger partial charge on any atom is 0.335 e. The van der Waals surface area contributed by atoms with Gasteiger partial charge in [0.1, 0.15) is 45.9 Å². The van der Waals surface area contributed by atoms with Gasteiger partial charge in [0.2, 0.25) is 23.6 Å². The van der Waals surface area contributed by atoms with E-state index in [4.69, 9.17) is 63.2 Å². The SMILES string of the molecule is Brc1cc2c(Br)cccc2c(Br)n1.CC1(C)COC(c2cccc(Br)c2)=N1.CC1(C)COC(c2cccc(Br)c2C(N)=O)=N1.CC1(C)COC(c2cccc(Br)c2CC(=O)O)=N1.CC1(C)COC(c2cccc(Br)c2CCO)=N1.Clc1cc2c(Br)cccc2c(Cl)n1.O=C(O)c1cccc(Br)c1.O=c1cc2c(Br)cccc2c(O)[nH]1. The Labute approximate surface area is 758 Å². The van der Waals surface area contributed by atoms with Gasteiger partial charge in [-0.15, -0.1) is 0 Å². The maximum absolute atomic E-state index is 11.4. The number of ether oxygens (including phenoxy) is 4. The number of carboxylic acid groups (broad SMARTS) is 2. The van der Waals surface area contributed by atoms with E-state index in [1.54, 1.807) is 54.6 Å². The van der Waals surface area contributed by atoms with Crippen molar-refractivity contribution >= 4 is 256 Å². The topological polar surface area (TPSA) is 303 Å². The number of rotatable bonds is 10. The van der Waals surface area contributed by atoms with Gasteiger partial charge in [0.05, 0.1) is 45.3 Å². The van der Waals surface area contributed by atoms with Crippen molar-refractivity contribution in [3.05, 3.63) is 286 Å². The zero-order valence-corrected chi connectivity index (χ0v) is 79.9. The summed E-state index contributed by atoms with van der Waals surface area (Å²) in [6, 6.07) is 53.7. The Morgan fingerprint density at radius 2 is 0.887 bits per heavy atom. The molecule has 0 spiro atoms. The van der Waals surface area contributed by atoms with Gasteiger partial charge in [-0.25, -0.2) is 34.7 Å². The van der Waals surface area contributed by atoms with E-state index < -0.39 is 17.8 Å². The number of carbonyl (C=O) groups excluding carboxylic acids is 1. The predicted molar refractivity (Wildman–Crippen MR) is 493 cm³/mol. The summed E-state index contributed by atoms with van der Waals surface area (Å²) in [6.45, 7) is 18.5. The fraction of sp³-hybridized carbons (Fsp3) is 0.229. The molecule has 15 rings (SSSR count). The first-order valence-electron chi connectivity index (χ1n) is 34.6. The minimum Gasteiger partial charge on any atom is -0.494 e. The van der Waals surface area contributed by atoms with Crippen LogP contribution in [0.15, 0.2) is 246 Å². The number of aliphatic hydroxyl groups is 1. The number of aliphatic imine (C=N–C) groups is 4. The van der Waals surface area contributed by atoms with Gasteiger partial charge in [0.15, 0.2) is 5.88 Å². The number of primary amides is 1. The standard InChI is InChI=1S/C13H14BrNO3.C13H16BrNO2.C12H13BrN2O2.C11H12BrNO.C9H4Br3N.C9H4BrCl2N.C9H6BrNO2.C7H5BrO2/c1-13(2)7-18-12(15-13)8-4-3-5-10(14)9(8)6-11(16)17;1-13(2)8-17-12(15-13)10-4-3-5-11(14)9(10)6-7-16;1-12(2)6-17-11(15-12)7-4-3-5-8(13)9(7)10(14)16;1-11(2)7-14-10(13-11)8-4-3-5-9(12)6-8;2*10-7-3-1-2-5-6(7)4-8(11)13-9(5)12;10-7-3-1-2-5-6(7)4-8(12)11-9(5)13;8-6-3-1-2-5(4-6)7(9)10/h3-5H,6-7H2,1-2H3,(H,16,17);3-5,16H,6-8H2,1-2H3;3-5H,6H2,1-2H3,(H2,14,16);3-6H,7H2,1-2H3;2*1-4H;1-4H,(H2,11,12,13);1-4H,(H,9,10). The third-order valence-corrected chi connectivity index (χ3v) is 22.9. The molecule has 7 heterocycles. The van der Waals surface area contributed by atoms with Crippen LogP contribution in [0.1, 0.15) is 109 Å². The van der Waals surface area contributed by atoms with E-state index in [0.29, 0.717) is 98.3 Å². The quantitative estimate of drug-likeness (QED) is 0.0694. The average molecular weight is 2250 g/mol. The number of aromatic nitrogens is 3. The zero-order chi connectivity index (χ0) is 84.4. The summed E-state index contributed by atoms with van der Waals surface area (Å²) in [5.41, 5.74) is 10.1. The number of H-pyrrole nitrogens is 1. The number of aromatic hydroxyl groups is 1. The molecule has 32 heteroatoms. The summed E-state index contributed by atoms with van der Waals surface area (Å²) in [7, 11) is 0. The number of nitrogens with zero attached hydrogens (tertiary/aromatic N) is 6. The molecule has 20 nitrogen and oxygen atoms in total. The van der Waals surface area contributed by atoms with E-state index in [1.165, 1.54) is 6.07 Å². The number of aromatic amines is 1. The van der Waals surface area contributed by atoms with E-state index in [-0.39, 0.29) is 46.6 Å². The molecule has 3 aromatic heterocycles. The minimum atomic E-state index is -0.902. The zero-order valence-electron chi connectivity index (χ0n) is 62.5. The number of benzene rings is 8. The van der Waals surface area contributed by atoms with Crippen molar-refractivity contribution in [2.24, 2.45) is 25.7 Å². The molecule has 0 atom stereocenters. The summed E-state index contributed by atoms with van der Waals surface area (Å²) in [5, 5.41) is 42.3. The maximum atomic E-state index is 11.4. The molecule has 1 amide bonds. The molecule has 115 heavy (non-hydrogen) atoms. The lowest BCUT2D eigenvalue weighted by Gasteiger charge is -2.10. The van der Waals surface area contributed by atoms with Gasteiger partial charge in [0.25, 0.3) is 11.5 Å². The highest BCUT2D eigenvalue weighted by molar-refractivity contribution is 9.12. The smallest absolute Gasteiger partial charge is 0.335 e. The number of halogens is 12. The lowest BCUT2D eigenvalue weighted by Crippen LogP contribution is -2.17.